The van der Waals surface area contributed by atoms with Crippen LogP contribution in [0.4, 0.5) is 5.95 Å². The number of aromatic nitrogens is 4. The molecule has 0 radical (unpaired) electrons. The Morgan fingerprint density at radius 2 is 1.83 bits per heavy atom. The lowest BCUT2D eigenvalue weighted by Crippen LogP contribution is -2.42. The minimum Gasteiger partial charge on any atom is -0.352 e. The van der Waals surface area contributed by atoms with E-state index in [1.54, 1.807) is 4.68 Å². The van der Waals surface area contributed by atoms with Gasteiger partial charge < -0.3 is 5.32 Å². The SMILES string of the molecule is Cc1ccc(C2C=C(c3ccccc3)N(CC(=O)NC(C)C)c3nnnn32)cc1. The van der Waals surface area contributed by atoms with E-state index in [9.17, 15) is 4.79 Å². The fourth-order valence-electron chi connectivity index (χ4n) is 3.49. The quantitative estimate of drug-likeness (QED) is 0.727. The molecule has 1 aliphatic heterocycles. The van der Waals surface area contributed by atoms with Gasteiger partial charge in [-0.1, -0.05) is 65.3 Å². The van der Waals surface area contributed by atoms with Crippen LogP contribution in [0, 0.1) is 6.92 Å². The maximum absolute atomic E-state index is 12.6. The molecule has 2 heterocycles. The molecule has 0 spiro atoms. The molecule has 0 saturated heterocycles. The lowest BCUT2D eigenvalue weighted by molar-refractivity contribution is -0.120. The van der Waals surface area contributed by atoms with E-state index in [2.05, 4.69) is 58.1 Å². The normalized spacial score (nSPS) is 15.8. The van der Waals surface area contributed by atoms with Gasteiger partial charge in [-0.25, -0.2) is 0 Å². The van der Waals surface area contributed by atoms with E-state index in [-0.39, 0.29) is 24.5 Å². The number of allylic oxidation sites excluding steroid dienone is 1. The number of nitrogens with zero attached hydrogens (tertiary/aromatic N) is 5. The fraction of sp³-hybridized carbons (Fsp3) is 0.273. The highest BCUT2D eigenvalue weighted by atomic mass is 16.2. The summed E-state index contributed by atoms with van der Waals surface area (Å²) in [4.78, 5) is 14.4. The highest BCUT2D eigenvalue weighted by Gasteiger charge is 2.31. The lowest BCUT2D eigenvalue weighted by atomic mass is 10.00. The molecular formula is C22H24N6O. The standard InChI is InChI=1S/C22H24N6O/c1-15(2)23-21(29)14-27-19(17-7-5-4-6-8-17)13-20(28-22(27)24-25-26-28)18-11-9-16(3)10-12-18/h4-13,15,20H,14H2,1-3H3,(H,23,29). The summed E-state index contributed by atoms with van der Waals surface area (Å²) in [5, 5.41) is 15.3. The molecule has 2 aromatic carbocycles. The Hall–Kier alpha value is -3.48. The predicted octanol–water partition coefficient (Wildman–Crippen LogP) is 2.96. The third-order valence-electron chi connectivity index (χ3n) is 4.83. The topological polar surface area (TPSA) is 75.9 Å². The molecule has 4 rings (SSSR count). The van der Waals surface area contributed by atoms with Gasteiger partial charge in [-0.15, -0.1) is 0 Å². The summed E-state index contributed by atoms with van der Waals surface area (Å²) in [6.07, 6.45) is 2.12. The molecule has 7 nitrogen and oxygen atoms in total. The van der Waals surface area contributed by atoms with Crippen molar-refractivity contribution in [3.63, 3.8) is 0 Å². The number of fused-ring (bicyclic) bond motifs is 1. The van der Waals surface area contributed by atoms with E-state index >= 15 is 0 Å². The van der Waals surface area contributed by atoms with Gasteiger partial charge in [0, 0.05) is 6.04 Å². The Bertz CT molecular complexity index is 1020. The Balaban J connectivity index is 1.80. The van der Waals surface area contributed by atoms with Crippen LogP contribution in [0.3, 0.4) is 0 Å². The molecule has 0 saturated carbocycles. The average Bonchev–Trinajstić information content (AvgIpc) is 3.19. The number of hydrogen-bond acceptors (Lipinski definition) is 5. The summed E-state index contributed by atoms with van der Waals surface area (Å²) in [6, 6.07) is 18.3. The van der Waals surface area contributed by atoms with Crippen molar-refractivity contribution >= 4 is 17.6 Å². The third-order valence-corrected chi connectivity index (χ3v) is 4.83. The van der Waals surface area contributed by atoms with Crippen molar-refractivity contribution in [2.75, 3.05) is 11.4 Å². The number of anilines is 1. The first-order valence-corrected chi connectivity index (χ1v) is 9.71. The summed E-state index contributed by atoms with van der Waals surface area (Å²) < 4.78 is 1.76. The van der Waals surface area contributed by atoms with Gasteiger partial charge in [0.15, 0.2) is 0 Å². The largest absolute Gasteiger partial charge is 0.352 e. The first kappa shape index (κ1) is 18.9. The molecule has 1 N–H and O–H groups in total. The smallest absolute Gasteiger partial charge is 0.251 e. The van der Waals surface area contributed by atoms with E-state index in [0.717, 1.165) is 16.8 Å². The van der Waals surface area contributed by atoms with Crippen molar-refractivity contribution in [2.24, 2.45) is 0 Å². The monoisotopic (exact) mass is 388 g/mol. The number of amides is 1. The highest BCUT2D eigenvalue weighted by Crippen LogP contribution is 2.35. The van der Waals surface area contributed by atoms with Crippen molar-refractivity contribution < 1.29 is 4.79 Å². The number of carbonyl (C=O) groups excluding carboxylic acids is 1. The van der Waals surface area contributed by atoms with Gasteiger partial charge in [-0.05, 0) is 48.4 Å². The van der Waals surface area contributed by atoms with E-state index < -0.39 is 0 Å². The second-order valence-electron chi connectivity index (χ2n) is 7.51. The molecule has 1 aromatic heterocycles. The third kappa shape index (κ3) is 3.89. The van der Waals surface area contributed by atoms with Gasteiger partial charge >= 0.3 is 0 Å². The second kappa shape index (κ2) is 7.87. The summed E-state index contributed by atoms with van der Waals surface area (Å²) in [7, 11) is 0. The van der Waals surface area contributed by atoms with Crippen molar-refractivity contribution in [2.45, 2.75) is 32.9 Å². The molecule has 29 heavy (non-hydrogen) atoms. The molecule has 1 aliphatic rings. The number of benzene rings is 2. The van der Waals surface area contributed by atoms with Gasteiger partial charge in [-0.2, -0.15) is 4.68 Å². The zero-order valence-corrected chi connectivity index (χ0v) is 16.8. The number of hydrogen-bond donors (Lipinski definition) is 1. The summed E-state index contributed by atoms with van der Waals surface area (Å²) >= 11 is 0. The Labute approximate surface area is 170 Å². The minimum atomic E-state index is -0.153. The van der Waals surface area contributed by atoms with Crippen LogP contribution in [0.5, 0.6) is 0 Å². The lowest BCUT2D eigenvalue weighted by Gasteiger charge is -2.32. The number of carbonyl (C=O) groups is 1. The zero-order chi connectivity index (χ0) is 20.4. The predicted molar refractivity (Wildman–Crippen MR) is 112 cm³/mol. The molecule has 1 atom stereocenters. The molecular weight excluding hydrogens is 364 g/mol. The molecule has 0 bridgehead atoms. The first-order chi connectivity index (χ1) is 14.0. The molecule has 3 aromatic rings. The number of nitrogens with one attached hydrogen (secondary N) is 1. The van der Waals surface area contributed by atoms with Crippen molar-refractivity contribution in [3.05, 3.63) is 77.4 Å². The highest BCUT2D eigenvalue weighted by molar-refractivity contribution is 5.89. The van der Waals surface area contributed by atoms with Gasteiger partial charge in [0.1, 0.15) is 12.6 Å². The number of rotatable bonds is 5. The minimum absolute atomic E-state index is 0.0627. The van der Waals surface area contributed by atoms with E-state index in [1.165, 1.54) is 5.56 Å². The van der Waals surface area contributed by atoms with Crippen LogP contribution in [-0.4, -0.2) is 38.7 Å². The van der Waals surface area contributed by atoms with Crippen LogP contribution >= 0.6 is 0 Å². The average molecular weight is 388 g/mol. The molecule has 1 unspecified atom stereocenters. The maximum atomic E-state index is 12.6. The van der Waals surface area contributed by atoms with Gasteiger partial charge in [0.05, 0.1) is 5.70 Å². The second-order valence-corrected chi connectivity index (χ2v) is 7.51. The van der Waals surface area contributed by atoms with Crippen molar-refractivity contribution in [1.29, 1.82) is 0 Å². The summed E-state index contributed by atoms with van der Waals surface area (Å²) in [5.74, 6) is 0.473. The van der Waals surface area contributed by atoms with Crippen LogP contribution in [0.15, 0.2) is 60.7 Å². The fourth-order valence-corrected chi connectivity index (χ4v) is 3.49. The van der Waals surface area contributed by atoms with E-state index in [0.29, 0.717) is 5.95 Å². The maximum Gasteiger partial charge on any atom is 0.251 e. The Morgan fingerprint density at radius 3 is 2.52 bits per heavy atom. The Kier molecular flexibility index (Phi) is 5.12. The van der Waals surface area contributed by atoms with Gasteiger partial charge in [-0.3, -0.25) is 9.69 Å². The summed E-state index contributed by atoms with van der Waals surface area (Å²) in [6.45, 7) is 6.09. The van der Waals surface area contributed by atoms with Crippen LogP contribution in [0.1, 0.15) is 36.6 Å². The molecule has 0 aliphatic carbocycles. The van der Waals surface area contributed by atoms with Gasteiger partial charge in [0.2, 0.25) is 5.91 Å². The van der Waals surface area contributed by atoms with E-state index in [4.69, 9.17) is 0 Å². The molecule has 1 amide bonds. The zero-order valence-electron chi connectivity index (χ0n) is 16.8. The van der Waals surface area contributed by atoms with Crippen molar-refractivity contribution in [3.8, 4) is 0 Å². The molecule has 7 heteroatoms. The Morgan fingerprint density at radius 1 is 1.10 bits per heavy atom. The van der Waals surface area contributed by atoms with Crippen molar-refractivity contribution in [1.82, 2.24) is 25.5 Å². The van der Waals surface area contributed by atoms with Gasteiger partial charge in [0.25, 0.3) is 5.95 Å². The first-order valence-electron chi connectivity index (χ1n) is 9.71. The van der Waals surface area contributed by atoms with Crippen LogP contribution < -0.4 is 10.2 Å². The molecule has 0 fully saturated rings. The molecule has 148 valence electrons. The number of tetrazole rings is 1. The van der Waals surface area contributed by atoms with Crippen LogP contribution in [0.2, 0.25) is 0 Å². The number of aryl methyl sites for hydroxylation is 1. The summed E-state index contributed by atoms with van der Waals surface area (Å²) in [5.41, 5.74) is 4.21. The van der Waals surface area contributed by atoms with E-state index in [1.807, 2.05) is 49.1 Å². The van der Waals surface area contributed by atoms with Crippen LogP contribution in [0.25, 0.3) is 5.70 Å². The van der Waals surface area contributed by atoms with Crippen LogP contribution in [-0.2, 0) is 4.79 Å².